The smallest absolute Gasteiger partial charge is 0.270 e. The van der Waals surface area contributed by atoms with Gasteiger partial charge in [-0.1, -0.05) is 78.4 Å². The Balaban J connectivity index is 1.56. The molecule has 1 N–H and O–H groups in total. The molecule has 0 unspecified atom stereocenters. The van der Waals surface area contributed by atoms with Crippen LogP contribution >= 0.6 is 0 Å². The second kappa shape index (κ2) is 9.59. The Morgan fingerprint density at radius 1 is 0.860 bits per heavy atom. The third-order valence-corrected chi connectivity index (χ3v) is 9.08. The molecule has 0 radical (unpaired) electrons. The number of nitrogens with zero attached hydrogens (tertiary/aromatic N) is 2. The van der Waals surface area contributed by atoms with Crippen molar-refractivity contribution < 1.29 is 19.3 Å². The number of aryl methyl sites for hydroxylation is 1. The minimum atomic E-state index is -1.49. The quantitative estimate of drug-likeness (QED) is 0.175. The normalized spacial score (nSPS) is 23.2. The van der Waals surface area contributed by atoms with Gasteiger partial charge in [0.25, 0.3) is 5.69 Å². The van der Waals surface area contributed by atoms with Gasteiger partial charge in [-0.15, -0.1) is 0 Å². The fourth-order valence-electron chi connectivity index (χ4n) is 7.27. The summed E-state index contributed by atoms with van der Waals surface area (Å²) < 4.78 is 0. The zero-order chi connectivity index (χ0) is 30.0. The van der Waals surface area contributed by atoms with E-state index in [-0.39, 0.29) is 22.9 Å². The number of benzene rings is 4. The molecule has 0 saturated carbocycles. The number of nitro groups is 1. The van der Waals surface area contributed by atoms with Crippen LogP contribution in [-0.4, -0.2) is 34.5 Å². The Morgan fingerprint density at radius 2 is 1.58 bits per heavy atom. The van der Waals surface area contributed by atoms with Crippen molar-refractivity contribution in [1.82, 2.24) is 0 Å². The van der Waals surface area contributed by atoms with E-state index in [2.05, 4.69) is 5.32 Å². The average molecular weight is 570 g/mol. The van der Waals surface area contributed by atoms with E-state index in [4.69, 9.17) is 0 Å². The Kier molecular flexibility index (Phi) is 5.92. The van der Waals surface area contributed by atoms with Gasteiger partial charge in [0.1, 0.15) is 11.5 Å². The van der Waals surface area contributed by atoms with E-state index in [9.17, 15) is 24.5 Å². The van der Waals surface area contributed by atoms with Gasteiger partial charge in [-0.25, -0.2) is 0 Å². The molecular formula is C35H27N3O5. The fourth-order valence-corrected chi connectivity index (χ4v) is 7.27. The van der Waals surface area contributed by atoms with Crippen LogP contribution in [0, 0.1) is 23.0 Å². The van der Waals surface area contributed by atoms with Crippen molar-refractivity contribution in [1.29, 1.82) is 0 Å². The zero-order valence-corrected chi connectivity index (χ0v) is 23.5. The number of anilines is 2. The molecular weight excluding hydrogens is 542 g/mol. The van der Waals surface area contributed by atoms with Gasteiger partial charge in [-0.3, -0.25) is 24.5 Å². The van der Waals surface area contributed by atoms with E-state index in [1.54, 1.807) is 30.3 Å². The SMILES string of the molecule is CC1=C[C@@H]2N(c3ccc(C)cc31)[C@H](C(=O)c1ccccc1)[C@@H](C(=O)c1cccc([N+](=O)[O-])c1)[C@@]21C(=O)Nc2ccccc21. The summed E-state index contributed by atoms with van der Waals surface area (Å²) >= 11 is 0. The van der Waals surface area contributed by atoms with Crippen LogP contribution in [-0.2, 0) is 10.2 Å². The van der Waals surface area contributed by atoms with Gasteiger partial charge < -0.3 is 10.2 Å². The molecule has 3 aliphatic rings. The van der Waals surface area contributed by atoms with Gasteiger partial charge in [0.2, 0.25) is 5.91 Å². The number of para-hydroxylation sites is 1. The van der Waals surface area contributed by atoms with Crippen molar-refractivity contribution in [3.05, 3.63) is 141 Å². The molecule has 8 heteroatoms. The standard InChI is InChI=1S/C35H27N3O5/c1-20-15-16-28-25(17-20)21(2)18-29-35(26-13-6-7-14-27(26)36-34(35)41)30(32(39)23-11-8-12-24(19-23)38(42)43)31(37(28)29)33(40)22-9-4-3-5-10-22/h3-19,29-31H,1-2H3,(H,36,41)/t29-,30-,31-,35-/m0/s1. The van der Waals surface area contributed by atoms with E-state index < -0.39 is 34.1 Å². The Labute approximate surface area is 247 Å². The number of Topliss-reactive ketones (excluding diaryl/α,β-unsaturated/α-hetero) is 2. The van der Waals surface area contributed by atoms with Gasteiger partial charge in [-0.2, -0.15) is 0 Å². The van der Waals surface area contributed by atoms with E-state index in [0.717, 1.165) is 22.4 Å². The maximum absolute atomic E-state index is 14.9. The maximum atomic E-state index is 14.9. The summed E-state index contributed by atoms with van der Waals surface area (Å²) in [4.78, 5) is 57.1. The topological polar surface area (TPSA) is 110 Å². The molecule has 1 spiro atoms. The first kappa shape index (κ1) is 26.5. The first-order valence-electron chi connectivity index (χ1n) is 14.1. The number of hydrogen-bond acceptors (Lipinski definition) is 6. The van der Waals surface area contributed by atoms with Crippen molar-refractivity contribution in [3.63, 3.8) is 0 Å². The fraction of sp³-hybridized carbons (Fsp3) is 0.171. The predicted molar refractivity (Wildman–Crippen MR) is 163 cm³/mol. The first-order chi connectivity index (χ1) is 20.7. The highest BCUT2D eigenvalue weighted by Gasteiger charge is 2.70. The largest absolute Gasteiger partial charge is 0.352 e. The number of ketones is 2. The van der Waals surface area contributed by atoms with E-state index in [1.807, 2.05) is 67.3 Å². The highest BCUT2D eigenvalue weighted by Crippen LogP contribution is 2.59. The number of allylic oxidation sites excluding steroid dienone is 1. The molecule has 1 amide bonds. The van der Waals surface area contributed by atoms with Gasteiger partial charge in [0, 0.05) is 40.2 Å². The molecule has 43 heavy (non-hydrogen) atoms. The third-order valence-electron chi connectivity index (χ3n) is 9.08. The molecule has 4 aromatic rings. The Hall–Kier alpha value is -5.37. The molecule has 7 rings (SSSR count). The van der Waals surface area contributed by atoms with E-state index in [0.29, 0.717) is 16.8 Å². The Bertz CT molecular complexity index is 1900. The van der Waals surface area contributed by atoms with Crippen LogP contribution in [0.1, 0.15) is 44.3 Å². The van der Waals surface area contributed by atoms with Crippen LogP contribution in [0.4, 0.5) is 17.1 Å². The number of carbonyl (C=O) groups excluding carboxylic acids is 3. The number of nitrogens with one attached hydrogen (secondary N) is 1. The summed E-state index contributed by atoms with van der Waals surface area (Å²) in [5.74, 6) is -2.38. The van der Waals surface area contributed by atoms with E-state index in [1.165, 1.54) is 24.3 Å². The minimum Gasteiger partial charge on any atom is -0.352 e. The summed E-state index contributed by atoms with van der Waals surface area (Å²) in [7, 11) is 0. The number of carbonyl (C=O) groups is 3. The first-order valence-corrected chi connectivity index (χ1v) is 14.1. The number of amides is 1. The second-order valence-electron chi connectivity index (χ2n) is 11.4. The van der Waals surface area contributed by atoms with Crippen LogP contribution in [0.3, 0.4) is 0 Å². The van der Waals surface area contributed by atoms with Crippen molar-refractivity contribution in [2.75, 3.05) is 10.2 Å². The number of rotatable bonds is 5. The second-order valence-corrected chi connectivity index (χ2v) is 11.4. The molecule has 3 heterocycles. The Morgan fingerprint density at radius 3 is 2.35 bits per heavy atom. The molecule has 0 aliphatic carbocycles. The lowest BCUT2D eigenvalue weighted by molar-refractivity contribution is -0.384. The molecule has 1 saturated heterocycles. The van der Waals surface area contributed by atoms with Crippen LogP contribution < -0.4 is 10.2 Å². The van der Waals surface area contributed by atoms with Crippen molar-refractivity contribution in [3.8, 4) is 0 Å². The molecule has 4 atom stereocenters. The lowest BCUT2D eigenvalue weighted by atomic mass is 9.64. The summed E-state index contributed by atoms with van der Waals surface area (Å²) in [6.07, 6.45) is 2.00. The number of fused-ring (bicyclic) bond motifs is 6. The van der Waals surface area contributed by atoms with Crippen molar-refractivity contribution in [2.24, 2.45) is 5.92 Å². The summed E-state index contributed by atoms with van der Waals surface area (Å²) in [6.45, 7) is 3.97. The number of nitro benzene ring substituents is 1. The van der Waals surface area contributed by atoms with Crippen LogP contribution in [0.15, 0.2) is 103 Å². The molecule has 212 valence electrons. The van der Waals surface area contributed by atoms with Gasteiger partial charge in [0.05, 0.1) is 16.9 Å². The molecule has 8 nitrogen and oxygen atoms in total. The molecule has 4 aromatic carbocycles. The zero-order valence-electron chi connectivity index (χ0n) is 23.5. The number of non-ortho nitro benzene ring substituents is 1. The predicted octanol–water partition coefficient (Wildman–Crippen LogP) is 6.15. The van der Waals surface area contributed by atoms with Crippen molar-refractivity contribution in [2.45, 2.75) is 31.3 Å². The van der Waals surface area contributed by atoms with Gasteiger partial charge >= 0.3 is 0 Å². The van der Waals surface area contributed by atoms with Gasteiger partial charge in [-0.05, 0) is 43.2 Å². The molecule has 3 aliphatic heterocycles. The van der Waals surface area contributed by atoms with E-state index >= 15 is 0 Å². The summed E-state index contributed by atoms with van der Waals surface area (Å²) in [5, 5.41) is 14.7. The van der Waals surface area contributed by atoms with Gasteiger partial charge in [0.15, 0.2) is 11.6 Å². The molecule has 0 bridgehead atoms. The lowest BCUT2D eigenvalue weighted by Gasteiger charge is -2.39. The third kappa shape index (κ3) is 3.72. The average Bonchev–Trinajstić information content (AvgIpc) is 3.49. The summed E-state index contributed by atoms with van der Waals surface area (Å²) in [5.41, 5.74) is 3.62. The highest BCUT2D eigenvalue weighted by molar-refractivity contribution is 6.18. The van der Waals surface area contributed by atoms with Crippen molar-refractivity contribution >= 4 is 40.1 Å². The highest BCUT2D eigenvalue weighted by atomic mass is 16.6. The number of hydrogen-bond donors (Lipinski definition) is 1. The monoisotopic (exact) mass is 569 g/mol. The maximum Gasteiger partial charge on any atom is 0.270 e. The summed E-state index contributed by atoms with van der Waals surface area (Å²) in [6, 6.07) is 25.7. The van der Waals surface area contributed by atoms with Crippen LogP contribution in [0.5, 0.6) is 0 Å². The molecule has 0 aromatic heterocycles. The minimum absolute atomic E-state index is 0.0753. The van der Waals surface area contributed by atoms with Crippen LogP contribution in [0.25, 0.3) is 5.57 Å². The molecule has 1 fully saturated rings. The van der Waals surface area contributed by atoms with Crippen LogP contribution in [0.2, 0.25) is 0 Å². The lowest BCUT2D eigenvalue weighted by Crippen LogP contribution is -2.51.